The number of morpholine rings is 1. The van der Waals surface area contributed by atoms with E-state index in [4.69, 9.17) is 21.9 Å². The van der Waals surface area contributed by atoms with Crippen molar-refractivity contribution in [3.05, 3.63) is 88.9 Å². The molecule has 4 aromatic rings. The van der Waals surface area contributed by atoms with Gasteiger partial charge < -0.3 is 19.9 Å². The fourth-order valence-electron chi connectivity index (χ4n) is 5.30. The van der Waals surface area contributed by atoms with E-state index in [1.807, 2.05) is 29.9 Å². The minimum absolute atomic E-state index is 0.0541. The van der Waals surface area contributed by atoms with Crippen molar-refractivity contribution in [3.8, 4) is 5.13 Å². The largest absolute Gasteiger partial charge is 0.378 e. The second-order valence-corrected chi connectivity index (χ2v) is 10.3. The molecule has 9 heteroatoms. The van der Waals surface area contributed by atoms with Crippen molar-refractivity contribution in [2.75, 3.05) is 36.1 Å². The van der Waals surface area contributed by atoms with Gasteiger partial charge in [0.2, 0.25) is 0 Å². The monoisotopic (exact) mass is 516 g/mol. The first-order valence-corrected chi connectivity index (χ1v) is 13.4. The molecule has 5 heterocycles. The Morgan fingerprint density at radius 3 is 2.47 bits per heavy atom. The van der Waals surface area contributed by atoms with Gasteiger partial charge in [-0.05, 0) is 74.1 Å². The molecule has 3 aromatic heterocycles. The molecule has 2 fully saturated rings. The Labute approximate surface area is 220 Å². The molecule has 0 spiro atoms. The maximum absolute atomic E-state index is 5.94. The van der Waals surface area contributed by atoms with Gasteiger partial charge in [0.05, 0.1) is 31.0 Å². The van der Waals surface area contributed by atoms with E-state index in [0.717, 1.165) is 54.2 Å². The number of anilines is 2. The van der Waals surface area contributed by atoms with Crippen LogP contribution < -0.4 is 15.1 Å². The quantitative estimate of drug-likeness (QED) is 0.376. The minimum atomic E-state index is -0.0807. The number of benzene rings is 1. The summed E-state index contributed by atoms with van der Waals surface area (Å²) in [6, 6.07) is 16.9. The topological polar surface area (TPSA) is 58.5 Å². The molecule has 2 aliphatic heterocycles. The number of aromatic nitrogens is 3. The molecule has 0 bridgehead atoms. The van der Waals surface area contributed by atoms with Crippen molar-refractivity contribution in [1.29, 1.82) is 0 Å². The summed E-state index contributed by atoms with van der Waals surface area (Å²) >= 11 is 7.58. The van der Waals surface area contributed by atoms with E-state index in [-0.39, 0.29) is 12.1 Å². The molecule has 2 saturated heterocycles. The number of thiazole rings is 1. The molecular formula is C27H28N6OS2. The maximum atomic E-state index is 5.94. The molecule has 2 unspecified atom stereocenters. The van der Waals surface area contributed by atoms with Crippen LogP contribution >= 0.6 is 23.6 Å². The molecule has 2 aliphatic rings. The zero-order valence-corrected chi connectivity index (χ0v) is 21.9. The molecule has 6 rings (SSSR count). The summed E-state index contributed by atoms with van der Waals surface area (Å²) in [7, 11) is 0. The van der Waals surface area contributed by atoms with E-state index >= 15 is 0 Å². The van der Waals surface area contributed by atoms with Gasteiger partial charge in [-0.3, -0.25) is 9.55 Å². The summed E-state index contributed by atoms with van der Waals surface area (Å²) in [5, 5.41) is 7.27. The van der Waals surface area contributed by atoms with Gasteiger partial charge in [-0.25, -0.2) is 4.98 Å². The summed E-state index contributed by atoms with van der Waals surface area (Å²) in [6.45, 7) is 7.66. The molecule has 7 nitrogen and oxygen atoms in total. The van der Waals surface area contributed by atoms with Crippen molar-refractivity contribution in [2.24, 2.45) is 0 Å². The lowest BCUT2D eigenvalue weighted by Crippen LogP contribution is -2.36. The van der Waals surface area contributed by atoms with Crippen LogP contribution in [0.15, 0.2) is 66.3 Å². The van der Waals surface area contributed by atoms with E-state index in [9.17, 15) is 0 Å². The van der Waals surface area contributed by atoms with Crippen LogP contribution in [0, 0.1) is 13.8 Å². The number of nitrogens with zero attached hydrogens (tertiary/aromatic N) is 5. The molecule has 36 heavy (non-hydrogen) atoms. The van der Waals surface area contributed by atoms with Gasteiger partial charge in [0.25, 0.3) is 0 Å². The number of hydrogen-bond acceptors (Lipinski definition) is 6. The molecule has 1 aromatic carbocycles. The summed E-state index contributed by atoms with van der Waals surface area (Å²) in [4.78, 5) is 13.9. The first-order valence-electron chi connectivity index (χ1n) is 12.1. The number of pyridine rings is 1. The van der Waals surface area contributed by atoms with Crippen molar-refractivity contribution in [2.45, 2.75) is 25.9 Å². The van der Waals surface area contributed by atoms with Gasteiger partial charge in [0.1, 0.15) is 0 Å². The lowest BCUT2D eigenvalue weighted by atomic mass is 9.96. The molecule has 2 atom stereocenters. The fraction of sp³-hybridized carbons (Fsp3) is 0.296. The standard InChI is InChI=1S/C27H28N6OS2/c1-18-17-22(19(2)32(18)27-29-11-16-36-27)25-24(23-5-3-4-10-28-23)30-26(35)33(25)21-8-6-20(7-9-21)31-12-14-34-15-13-31/h3-11,16-17,24-25H,12-15H2,1-2H3,(H,30,35). The highest BCUT2D eigenvalue weighted by Gasteiger charge is 2.42. The predicted molar refractivity (Wildman–Crippen MR) is 148 cm³/mol. The number of rotatable bonds is 5. The number of hydrogen-bond donors (Lipinski definition) is 1. The zero-order chi connectivity index (χ0) is 24.6. The van der Waals surface area contributed by atoms with Crippen LogP contribution in [0.3, 0.4) is 0 Å². The Morgan fingerprint density at radius 1 is 1.00 bits per heavy atom. The van der Waals surface area contributed by atoms with Crippen molar-refractivity contribution < 1.29 is 4.74 Å². The number of ether oxygens (including phenoxy) is 1. The Hall–Kier alpha value is -3.27. The third kappa shape index (κ3) is 4.07. The third-order valence-corrected chi connectivity index (χ3v) is 8.07. The summed E-state index contributed by atoms with van der Waals surface area (Å²) in [5.74, 6) is 0. The first-order chi connectivity index (χ1) is 17.6. The maximum Gasteiger partial charge on any atom is 0.193 e. The highest BCUT2D eigenvalue weighted by molar-refractivity contribution is 7.80. The van der Waals surface area contributed by atoms with Crippen molar-refractivity contribution in [3.63, 3.8) is 0 Å². The zero-order valence-electron chi connectivity index (χ0n) is 20.3. The van der Waals surface area contributed by atoms with Crippen molar-refractivity contribution in [1.82, 2.24) is 19.9 Å². The minimum Gasteiger partial charge on any atom is -0.378 e. The van der Waals surface area contributed by atoms with E-state index in [1.165, 1.54) is 11.3 Å². The SMILES string of the molecule is Cc1cc(C2C(c3ccccn3)NC(=S)N2c2ccc(N3CCOCC3)cc2)c(C)n1-c1nccs1. The second-order valence-electron chi connectivity index (χ2n) is 9.09. The number of thiocarbonyl (C=S) groups is 1. The molecular weight excluding hydrogens is 488 g/mol. The first kappa shape index (κ1) is 23.1. The van der Waals surface area contributed by atoms with Crippen LogP contribution in [0.5, 0.6) is 0 Å². The van der Waals surface area contributed by atoms with E-state index < -0.39 is 0 Å². The van der Waals surface area contributed by atoms with Gasteiger partial charge in [-0.15, -0.1) is 11.3 Å². The predicted octanol–water partition coefficient (Wildman–Crippen LogP) is 4.96. The van der Waals surface area contributed by atoms with Crippen LogP contribution in [0.2, 0.25) is 0 Å². The van der Waals surface area contributed by atoms with E-state index in [1.54, 1.807) is 11.3 Å². The Morgan fingerprint density at radius 2 is 1.78 bits per heavy atom. The highest BCUT2D eigenvalue weighted by atomic mass is 32.1. The average Bonchev–Trinajstić information content (AvgIpc) is 3.63. The van der Waals surface area contributed by atoms with Gasteiger partial charge in [0, 0.05) is 53.6 Å². The Kier molecular flexibility index (Phi) is 6.20. The molecule has 0 amide bonds. The normalized spacial score (nSPS) is 20.1. The van der Waals surface area contributed by atoms with E-state index in [0.29, 0.717) is 5.11 Å². The van der Waals surface area contributed by atoms with E-state index in [2.05, 4.69) is 74.9 Å². The van der Waals surface area contributed by atoms with Crippen LogP contribution in [-0.2, 0) is 4.74 Å². The van der Waals surface area contributed by atoms with Gasteiger partial charge >= 0.3 is 0 Å². The fourth-order valence-corrected chi connectivity index (χ4v) is 6.40. The van der Waals surface area contributed by atoms with Crippen molar-refractivity contribution >= 4 is 40.0 Å². The van der Waals surface area contributed by atoms with Gasteiger partial charge in [-0.1, -0.05) is 6.07 Å². The van der Waals surface area contributed by atoms with Gasteiger partial charge in [0.15, 0.2) is 10.2 Å². The number of aryl methyl sites for hydroxylation is 1. The Balaban J connectivity index is 1.43. The summed E-state index contributed by atoms with van der Waals surface area (Å²) in [6.07, 6.45) is 3.69. The van der Waals surface area contributed by atoms with Crippen LogP contribution in [0.1, 0.15) is 34.7 Å². The lowest BCUT2D eigenvalue weighted by Gasteiger charge is -2.31. The van der Waals surface area contributed by atoms with Gasteiger partial charge in [-0.2, -0.15) is 0 Å². The molecule has 1 N–H and O–H groups in total. The number of nitrogens with one attached hydrogen (secondary N) is 1. The smallest absolute Gasteiger partial charge is 0.193 e. The summed E-state index contributed by atoms with van der Waals surface area (Å²) < 4.78 is 7.75. The highest BCUT2D eigenvalue weighted by Crippen LogP contribution is 2.44. The van der Waals surface area contributed by atoms with Crippen LogP contribution in [0.25, 0.3) is 5.13 Å². The third-order valence-electron chi connectivity index (χ3n) is 7.00. The lowest BCUT2D eigenvalue weighted by molar-refractivity contribution is 0.122. The summed E-state index contributed by atoms with van der Waals surface area (Å²) in [5.41, 5.74) is 6.76. The second kappa shape index (κ2) is 9.65. The molecule has 0 saturated carbocycles. The molecule has 184 valence electrons. The Bertz CT molecular complexity index is 1350. The van der Waals surface area contributed by atoms with Crippen LogP contribution in [0.4, 0.5) is 11.4 Å². The molecule has 0 aliphatic carbocycles. The average molecular weight is 517 g/mol. The van der Waals surface area contributed by atoms with Crippen LogP contribution in [-0.4, -0.2) is 46.0 Å². The molecule has 0 radical (unpaired) electrons.